The third-order valence-corrected chi connectivity index (χ3v) is 4.69. The quantitative estimate of drug-likeness (QED) is 0.497. The zero-order chi connectivity index (χ0) is 18.9. The molecular formula is C24H32O2. The van der Waals surface area contributed by atoms with Gasteiger partial charge in [0.2, 0.25) is 0 Å². The van der Waals surface area contributed by atoms with Gasteiger partial charge in [-0.2, -0.15) is 0 Å². The van der Waals surface area contributed by atoms with E-state index in [0.29, 0.717) is 5.92 Å². The van der Waals surface area contributed by atoms with E-state index in [9.17, 15) is 0 Å². The standard InChI is InChI=1S/C24H32O2/c1-6-7-19(9-8-18(2)3)24(20-10-14-22(25-4)15-11-20)21-12-16-23(26-5)17-13-21/h10-18H,6-9H2,1-5H3. The zero-order valence-corrected chi connectivity index (χ0v) is 16.8. The van der Waals surface area contributed by atoms with Gasteiger partial charge in [-0.3, -0.25) is 0 Å². The van der Waals surface area contributed by atoms with Gasteiger partial charge in [0.1, 0.15) is 11.5 Å². The van der Waals surface area contributed by atoms with Crippen molar-refractivity contribution >= 4 is 5.57 Å². The third-order valence-electron chi connectivity index (χ3n) is 4.69. The molecule has 0 amide bonds. The van der Waals surface area contributed by atoms with Crippen LogP contribution >= 0.6 is 0 Å². The van der Waals surface area contributed by atoms with Crippen LogP contribution in [0, 0.1) is 5.92 Å². The summed E-state index contributed by atoms with van der Waals surface area (Å²) >= 11 is 0. The lowest BCUT2D eigenvalue weighted by Gasteiger charge is -2.18. The maximum atomic E-state index is 5.34. The molecule has 0 saturated carbocycles. The number of hydrogen-bond donors (Lipinski definition) is 0. The average molecular weight is 353 g/mol. The van der Waals surface area contributed by atoms with Gasteiger partial charge < -0.3 is 9.47 Å². The molecule has 2 nitrogen and oxygen atoms in total. The zero-order valence-electron chi connectivity index (χ0n) is 16.8. The molecule has 0 radical (unpaired) electrons. The van der Waals surface area contributed by atoms with E-state index >= 15 is 0 Å². The average Bonchev–Trinajstić information content (AvgIpc) is 2.67. The molecule has 0 saturated heterocycles. The SMILES string of the molecule is CCCC(CCC(C)C)=C(c1ccc(OC)cc1)c1ccc(OC)cc1. The van der Waals surface area contributed by atoms with Crippen molar-refractivity contribution in [1.82, 2.24) is 0 Å². The lowest BCUT2D eigenvalue weighted by Crippen LogP contribution is -1.98. The van der Waals surface area contributed by atoms with Gasteiger partial charge in [0, 0.05) is 0 Å². The molecule has 0 aliphatic rings. The third kappa shape index (κ3) is 5.39. The molecule has 0 unspecified atom stereocenters. The minimum Gasteiger partial charge on any atom is -0.497 e. The highest BCUT2D eigenvalue weighted by Crippen LogP contribution is 2.34. The van der Waals surface area contributed by atoms with E-state index in [1.807, 2.05) is 24.3 Å². The Morgan fingerprint density at radius 2 is 1.23 bits per heavy atom. The highest BCUT2D eigenvalue weighted by atomic mass is 16.5. The molecular weight excluding hydrogens is 320 g/mol. The van der Waals surface area contributed by atoms with E-state index in [4.69, 9.17) is 9.47 Å². The van der Waals surface area contributed by atoms with Gasteiger partial charge in [0.25, 0.3) is 0 Å². The van der Waals surface area contributed by atoms with Crippen LogP contribution in [0.1, 0.15) is 57.6 Å². The Kier molecular flexibility index (Phi) is 7.77. The highest BCUT2D eigenvalue weighted by molar-refractivity contribution is 5.82. The summed E-state index contributed by atoms with van der Waals surface area (Å²) < 4.78 is 10.7. The Labute approximate surface area is 158 Å². The van der Waals surface area contributed by atoms with Crippen molar-refractivity contribution < 1.29 is 9.47 Å². The summed E-state index contributed by atoms with van der Waals surface area (Å²) in [6.07, 6.45) is 4.63. The summed E-state index contributed by atoms with van der Waals surface area (Å²) in [6.45, 7) is 6.85. The predicted molar refractivity (Wildman–Crippen MR) is 111 cm³/mol. The van der Waals surface area contributed by atoms with Crippen molar-refractivity contribution in [3.05, 3.63) is 65.2 Å². The molecule has 26 heavy (non-hydrogen) atoms. The number of benzene rings is 2. The van der Waals surface area contributed by atoms with Gasteiger partial charge in [0.15, 0.2) is 0 Å². The van der Waals surface area contributed by atoms with E-state index < -0.39 is 0 Å². The Morgan fingerprint density at radius 3 is 1.58 bits per heavy atom. The minimum absolute atomic E-state index is 0.704. The van der Waals surface area contributed by atoms with Gasteiger partial charge in [-0.15, -0.1) is 0 Å². The topological polar surface area (TPSA) is 18.5 Å². The van der Waals surface area contributed by atoms with Gasteiger partial charge in [-0.1, -0.05) is 57.0 Å². The van der Waals surface area contributed by atoms with Crippen LogP contribution in [0.3, 0.4) is 0 Å². The smallest absolute Gasteiger partial charge is 0.118 e. The molecule has 0 bridgehead atoms. The molecule has 0 aliphatic heterocycles. The molecule has 0 N–H and O–H groups in total. The summed E-state index contributed by atoms with van der Waals surface area (Å²) in [5, 5.41) is 0. The van der Waals surface area contributed by atoms with Crippen LogP contribution in [0.2, 0.25) is 0 Å². The second kappa shape index (κ2) is 10.1. The largest absolute Gasteiger partial charge is 0.497 e. The van der Waals surface area contributed by atoms with Crippen LogP contribution in [-0.2, 0) is 0 Å². The number of methoxy groups -OCH3 is 2. The van der Waals surface area contributed by atoms with E-state index in [2.05, 4.69) is 45.0 Å². The molecule has 0 aromatic heterocycles. The second-order valence-corrected chi connectivity index (χ2v) is 7.12. The molecule has 2 aromatic carbocycles. The molecule has 140 valence electrons. The maximum absolute atomic E-state index is 5.34. The Morgan fingerprint density at radius 1 is 0.769 bits per heavy atom. The molecule has 0 heterocycles. The van der Waals surface area contributed by atoms with Gasteiger partial charge in [-0.25, -0.2) is 0 Å². The van der Waals surface area contributed by atoms with Gasteiger partial charge in [0.05, 0.1) is 14.2 Å². The summed E-state index contributed by atoms with van der Waals surface area (Å²) in [5.74, 6) is 2.49. The van der Waals surface area contributed by atoms with E-state index in [1.54, 1.807) is 14.2 Å². The number of ether oxygens (including phenoxy) is 2. The monoisotopic (exact) mass is 352 g/mol. The fourth-order valence-corrected chi connectivity index (χ4v) is 3.23. The Balaban J connectivity index is 2.54. The van der Waals surface area contributed by atoms with Crippen LogP contribution < -0.4 is 9.47 Å². The van der Waals surface area contributed by atoms with Crippen LogP contribution in [0.5, 0.6) is 11.5 Å². The van der Waals surface area contributed by atoms with Gasteiger partial charge >= 0.3 is 0 Å². The Hall–Kier alpha value is -2.22. The van der Waals surface area contributed by atoms with Crippen molar-refractivity contribution in [2.45, 2.75) is 46.5 Å². The van der Waals surface area contributed by atoms with Crippen LogP contribution in [0.15, 0.2) is 54.1 Å². The van der Waals surface area contributed by atoms with Crippen LogP contribution in [-0.4, -0.2) is 14.2 Å². The first kappa shape index (κ1) is 20.1. The first-order valence-corrected chi connectivity index (χ1v) is 9.59. The molecule has 0 aliphatic carbocycles. The minimum atomic E-state index is 0.704. The molecule has 0 spiro atoms. The fourth-order valence-electron chi connectivity index (χ4n) is 3.23. The lowest BCUT2D eigenvalue weighted by molar-refractivity contribution is 0.414. The first-order valence-electron chi connectivity index (χ1n) is 9.59. The van der Waals surface area contributed by atoms with Crippen molar-refractivity contribution in [2.75, 3.05) is 14.2 Å². The van der Waals surface area contributed by atoms with Crippen LogP contribution in [0.4, 0.5) is 0 Å². The molecule has 2 rings (SSSR count). The molecule has 2 heteroatoms. The lowest BCUT2D eigenvalue weighted by atomic mass is 9.87. The number of rotatable bonds is 9. The van der Waals surface area contributed by atoms with E-state index in [1.165, 1.54) is 28.7 Å². The summed E-state index contributed by atoms with van der Waals surface area (Å²) in [5.41, 5.74) is 5.40. The summed E-state index contributed by atoms with van der Waals surface area (Å²) in [4.78, 5) is 0. The summed E-state index contributed by atoms with van der Waals surface area (Å²) in [7, 11) is 3.42. The van der Waals surface area contributed by atoms with Crippen molar-refractivity contribution in [3.8, 4) is 11.5 Å². The molecule has 0 fully saturated rings. The fraction of sp³-hybridized carbons (Fsp3) is 0.417. The number of allylic oxidation sites excluding steroid dienone is 1. The van der Waals surface area contributed by atoms with E-state index in [-0.39, 0.29) is 0 Å². The van der Waals surface area contributed by atoms with Crippen molar-refractivity contribution in [2.24, 2.45) is 5.92 Å². The van der Waals surface area contributed by atoms with Crippen molar-refractivity contribution in [3.63, 3.8) is 0 Å². The number of hydrogen-bond acceptors (Lipinski definition) is 2. The normalized spacial score (nSPS) is 10.7. The second-order valence-electron chi connectivity index (χ2n) is 7.12. The highest BCUT2D eigenvalue weighted by Gasteiger charge is 2.13. The molecule has 2 aromatic rings. The Bertz CT molecular complexity index is 644. The molecule has 0 atom stereocenters. The summed E-state index contributed by atoms with van der Waals surface area (Å²) in [6, 6.07) is 16.9. The van der Waals surface area contributed by atoms with E-state index in [0.717, 1.165) is 30.8 Å². The maximum Gasteiger partial charge on any atom is 0.118 e. The van der Waals surface area contributed by atoms with Gasteiger partial charge in [-0.05, 0) is 66.1 Å². The van der Waals surface area contributed by atoms with Crippen LogP contribution in [0.25, 0.3) is 5.57 Å². The van der Waals surface area contributed by atoms with Crippen molar-refractivity contribution in [1.29, 1.82) is 0 Å². The first-order chi connectivity index (χ1) is 12.6. The predicted octanol–water partition coefficient (Wildman–Crippen LogP) is 6.74.